The average molecular weight is 677 g/mol. The zero-order valence-electron chi connectivity index (χ0n) is 26.5. The molecule has 3 aliphatic rings. The first-order chi connectivity index (χ1) is 23.5. The summed E-state index contributed by atoms with van der Waals surface area (Å²) in [6.07, 6.45) is 9.09. The van der Waals surface area contributed by atoms with Crippen molar-refractivity contribution in [2.75, 3.05) is 18.5 Å². The van der Waals surface area contributed by atoms with Gasteiger partial charge < -0.3 is 25.3 Å². The molecule has 5 aromatic rings. The Balaban J connectivity index is 1.33. The Morgan fingerprint density at radius 1 is 1.04 bits per heavy atom. The number of aromatic nitrogens is 2. The Hall–Kier alpha value is -4.56. The minimum absolute atomic E-state index is 0.173. The van der Waals surface area contributed by atoms with Crippen LogP contribution < -0.4 is 15.4 Å². The van der Waals surface area contributed by atoms with E-state index in [0.29, 0.717) is 33.9 Å². The summed E-state index contributed by atoms with van der Waals surface area (Å²) in [7, 11) is 0. The van der Waals surface area contributed by atoms with Gasteiger partial charge in [-0.2, -0.15) is 0 Å². The van der Waals surface area contributed by atoms with Crippen LogP contribution in [0.5, 0.6) is 5.88 Å². The van der Waals surface area contributed by atoms with E-state index in [1.54, 1.807) is 12.3 Å². The first-order valence-corrected chi connectivity index (χ1v) is 17.2. The lowest BCUT2D eigenvalue weighted by Gasteiger charge is -2.39. The number of rotatable bonds is 7. The maximum absolute atomic E-state index is 14.5. The molecular weight excluding hydrogens is 641 g/mol. The van der Waals surface area contributed by atoms with E-state index in [4.69, 9.17) is 27.9 Å². The quantitative estimate of drug-likeness (QED) is 0.160. The molecule has 3 aliphatic heterocycles. The molecule has 0 spiro atoms. The minimum atomic E-state index is -0.286. The van der Waals surface area contributed by atoms with Crippen molar-refractivity contribution in [3.05, 3.63) is 135 Å². The molecule has 3 unspecified atom stereocenters. The highest BCUT2D eigenvalue weighted by atomic mass is 35.5. The van der Waals surface area contributed by atoms with Crippen LogP contribution in [0.3, 0.4) is 0 Å². The number of carbonyl (C=O) groups excluding carboxylic acids is 1. The van der Waals surface area contributed by atoms with Gasteiger partial charge in [-0.3, -0.25) is 4.79 Å². The van der Waals surface area contributed by atoms with Crippen molar-refractivity contribution < 1.29 is 9.53 Å². The normalized spacial score (nSPS) is 20.1. The minimum Gasteiger partial charge on any atom is -0.475 e. The zero-order chi connectivity index (χ0) is 32.8. The Bertz CT molecular complexity index is 2070. The molecule has 3 aromatic carbocycles. The molecule has 1 amide bonds. The Labute approximate surface area is 289 Å². The molecule has 8 rings (SSSR count). The number of nitrogens with one attached hydrogen (secondary N) is 3. The number of fused-ring (bicyclic) bond motifs is 2. The molecule has 7 nitrogen and oxygen atoms in total. The molecule has 2 aromatic heterocycles. The van der Waals surface area contributed by atoms with Crippen LogP contribution in [0, 0.1) is 5.92 Å². The first kappa shape index (κ1) is 30.8. The predicted molar refractivity (Wildman–Crippen MR) is 193 cm³/mol. The molecule has 48 heavy (non-hydrogen) atoms. The molecule has 9 heteroatoms. The van der Waals surface area contributed by atoms with Crippen LogP contribution in [0.15, 0.2) is 97.3 Å². The number of amides is 1. The number of pyridine rings is 1. The SMILES string of the molecule is CC1CC=CN2C(=C1c1ccccc1)c1c(C(=O)Nc3cccnc3OCC3CCCN3)[nH]c3cc(Cl)cc(c13)C2c1ccc(Cl)cc1. The van der Waals surface area contributed by atoms with E-state index in [-0.39, 0.29) is 23.9 Å². The van der Waals surface area contributed by atoms with Gasteiger partial charge in [-0.05, 0) is 90.4 Å². The highest BCUT2D eigenvalue weighted by Gasteiger charge is 2.39. The van der Waals surface area contributed by atoms with Crippen molar-refractivity contribution in [2.45, 2.75) is 38.3 Å². The molecule has 1 fully saturated rings. The summed E-state index contributed by atoms with van der Waals surface area (Å²) in [5.41, 5.74) is 7.96. The molecule has 0 bridgehead atoms. The van der Waals surface area contributed by atoms with Crippen LogP contribution in [0.25, 0.3) is 22.2 Å². The fourth-order valence-electron chi connectivity index (χ4n) is 7.41. The second-order valence-corrected chi connectivity index (χ2v) is 13.6. The number of anilines is 1. The van der Waals surface area contributed by atoms with Gasteiger partial charge in [0.05, 0.1) is 11.7 Å². The second-order valence-electron chi connectivity index (χ2n) is 12.7. The van der Waals surface area contributed by atoms with E-state index < -0.39 is 0 Å². The Kier molecular flexibility index (Phi) is 8.20. The van der Waals surface area contributed by atoms with Gasteiger partial charge in [0.2, 0.25) is 5.88 Å². The number of nitrogens with zero attached hydrogens (tertiary/aromatic N) is 2. The van der Waals surface area contributed by atoms with Gasteiger partial charge >= 0.3 is 0 Å². The third-order valence-electron chi connectivity index (χ3n) is 9.57. The summed E-state index contributed by atoms with van der Waals surface area (Å²) in [6, 6.07) is 26.1. The van der Waals surface area contributed by atoms with E-state index in [1.165, 1.54) is 5.57 Å². The standard InChI is InChI=1S/C39H35Cl2N5O2/c1-23-8-7-19-46-36(25-13-15-26(40)16-14-25)29-20-27(41)21-31-33(29)34(37(46)32(23)24-9-3-2-4-10-24)35(44-31)38(47)45-30-12-6-18-43-39(30)48-22-28-11-5-17-42-28/h2-4,6-7,9-10,12-16,18-21,23,28,36,42,44H,5,8,11,17,22H2,1H3,(H,45,47). The summed E-state index contributed by atoms with van der Waals surface area (Å²) >= 11 is 13.2. The van der Waals surface area contributed by atoms with Crippen molar-refractivity contribution in [2.24, 2.45) is 5.92 Å². The lowest BCUT2D eigenvalue weighted by Crippen LogP contribution is -2.29. The fraction of sp³-hybridized carbons (Fsp3) is 0.231. The summed E-state index contributed by atoms with van der Waals surface area (Å²) in [5, 5.41) is 8.82. The van der Waals surface area contributed by atoms with Crippen LogP contribution in [0.4, 0.5) is 5.69 Å². The third-order valence-corrected chi connectivity index (χ3v) is 10.0. The van der Waals surface area contributed by atoms with Gasteiger partial charge in [0.25, 0.3) is 5.91 Å². The Morgan fingerprint density at radius 3 is 2.67 bits per heavy atom. The van der Waals surface area contributed by atoms with Gasteiger partial charge in [-0.1, -0.05) is 78.7 Å². The lowest BCUT2D eigenvalue weighted by atomic mass is 9.82. The van der Waals surface area contributed by atoms with Crippen molar-refractivity contribution in [3.8, 4) is 5.88 Å². The number of allylic oxidation sites excluding steroid dienone is 2. The topological polar surface area (TPSA) is 82.3 Å². The summed E-state index contributed by atoms with van der Waals surface area (Å²) in [6.45, 7) is 3.72. The molecule has 242 valence electrons. The second kappa shape index (κ2) is 12.8. The first-order valence-electron chi connectivity index (χ1n) is 16.4. The molecule has 0 aliphatic carbocycles. The summed E-state index contributed by atoms with van der Waals surface area (Å²) in [4.78, 5) is 24.8. The number of hydrogen-bond donors (Lipinski definition) is 3. The number of halogens is 2. The highest BCUT2D eigenvalue weighted by molar-refractivity contribution is 6.32. The van der Waals surface area contributed by atoms with Gasteiger partial charge in [0, 0.05) is 45.0 Å². The van der Waals surface area contributed by atoms with Crippen LogP contribution in [-0.4, -0.2) is 40.0 Å². The van der Waals surface area contributed by atoms with Crippen LogP contribution in [0.1, 0.15) is 65.0 Å². The number of H-pyrrole nitrogens is 1. The maximum Gasteiger partial charge on any atom is 0.272 e. The number of hydrogen-bond acceptors (Lipinski definition) is 5. The van der Waals surface area contributed by atoms with Gasteiger partial charge in [-0.15, -0.1) is 0 Å². The van der Waals surface area contributed by atoms with Gasteiger partial charge in [-0.25, -0.2) is 4.98 Å². The number of benzene rings is 3. The number of ether oxygens (including phenoxy) is 1. The molecular formula is C39H35Cl2N5O2. The van der Waals surface area contributed by atoms with E-state index in [2.05, 4.69) is 81.1 Å². The van der Waals surface area contributed by atoms with Gasteiger partial charge in [0.15, 0.2) is 0 Å². The number of carbonyl (C=O) groups is 1. The molecule has 1 saturated heterocycles. The van der Waals surface area contributed by atoms with E-state index in [1.807, 2.05) is 36.4 Å². The molecule has 0 radical (unpaired) electrons. The molecule has 3 atom stereocenters. The third kappa shape index (κ3) is 5.56. The highest BCUT2D eigenvalue weighted by Crippen LogP contribution is 2.52. The summed E-state index contributed by atoms with van der Waals surface area (Å²) in [5.74, 6) is 0.283. The van der Waals surface area contributed by atoms with Crippen molar-refractivity contribution >= 4 is 57.0 Å². The van der Waals surface area contributed by atoms with Crippen molar-refractivity contribution in [1.82, 2.24) is 20.2 Å². The van der Waals surface area contributed by atoms with Crippen molar-refractivity contribution in [3.63, 3.8) is 0 Å². The van der Waals surface area contributed by atoms with E-state index in [9.17, 15) is 4.79 Å². The van der Waals surface area contributed by atoms with Crippen molar-refractivity contribution in [1.29, 1.82) is 0 Å². The molecule has 0 saturated carbocycles. The predicted octanol–water partition coefficient (Wildman–Crippen LogP) is 9.08. The van der Waals surface area contributed by atoms with Crippen LogP contribution >= 0.6 is 23.2 Å². The Morgan fingerprint density at radius 2 is 1.88 bits per heavy atom. The summed E-state index contributed by atoms with van der Waals surface area (Å²) < 4.78 is 6.13. The smallest absolute Gasteiger partial charge is 0.272 e. The molecule has 5 heterocycles. The van der Waals surface area contributed by atoms with Gasteiger partial charge in [0.1, 0.15) is 18.0 Å². The van der Waals surface area contributed by atoms with E-state index >= 15 is 0 Å². The zero-order valence-corrected chi connectivity index (χ0v) is 28.0. The number of aromatic amines is 1. The monoisotopic (exact) mass is 675 g/mol. The van der Waals surface area contributed by atoms with Crippen LogP contribution in [0.2, 0.25) is 10.0 Å². The fourth-order valence-corrected chi connectivity index (χ4v) is 7.76. The maximum atomic E-state index is 14.5. The molecule has 3 N–H and O–H groups in total. The lowest BCUT2D eigenvalue weighted by molar-refractivity contribution is 0.102. The van der Waals surface area contributed by atoms with E-state index in [0.717, 1.165) is 64.7 Å². The average Bonchev–Trinajstić information content (AvgIpc) is 3.72. The largest absolute Gasteiger partial charge is 0.475 e. The van der Waals surface area contributed by atoms with Crippen LogP contribution in [-0.2, 0) is 0 Å².